The first-order valence-corrected chi connectivity index (χ1v) is 9.39. The molecule has 6 nitrogen and oxygen atoms in total. The number of halogens is 1. The Morgan fingerprint density at radius 3 is 2.75 bits per heavy atom. The number of aromatic nitrogens is 2. The minimum Gasteiger partial charge on any atom is -0.507 e. The van der Waals surface area contributed by atoms with Gasteiger partial charge in [0.05, 0.1) is 16.1 Å². The van der Waals surface area contributed by atoms with E-state index in [0.717, 1.165) is 15.6 Å². The Hall–Kier alpha value is -3.34. The topological polar surface area (TPSA) is 99.0 Å². The standard InChI is InChI=1S/C20H12ClN3O3S/c21-17-11-5-1-4-8-16(11)28-18(17)20(26)27-10-15(25)12(9-22)19-23-13-6-2-3-7-14(13)24-19/h1-8,25H,10H2,(H,23,24). The number of allylic oxidation sites excluding steroid dienone is 1. The number of thiophene rings is 1. The fourth-order valence-corrected chi connectivity index (χ4v) is 4.14. The summed E-state index contributed by atoms with van der Waals surface area (Å²) in [6.45, 7) is -0.469. The minimum atomic E-state index is -0.667. The maximum absolute atomic E-state index is 12.4. The van der Waals surface area contributed by atoms with Crippen LogP contribution >= 0.6 is 22.9 Å². The minimum absolute atomic E-state index is 0.0913. The number of ether oxygens (including phenoxy) is 1. The molecule has 2 N–H and O–H groups in total. The molecule has 0 bridgehead atoms. The van der Waals surface area contributed by atoms with Gasteiger partial charge in [-0.25, -0.2) is 9.78 Å². The Morgan fingerprint density at radius 2 is 2.00 bits per heavy atom. The molecule has 28 heavy (non-hydrogen) atoms. The smallest absolute Gasteiger partial charge is 0.350 e. The van der Waals surface area contributed by atoms with E-state index in [4.69, 9.17) is 16.3 Å². The highest BCUT2D eigenvalue weighted by molar-refractivity contribution is 7.21. The van der Waals surface area contributed by atoms with Crippen LogP contribution in [0.25, 0.3) is 26.7 Å². The second-order valence-corrected chi connectivity index (χ2v) is 7.28. The lowest BCUT2D eigenvalue weighted by Crippen LogP contribution is -2.08. The summed E-state index contributed by atoms with van der Waals surface area (Å²) in [5, 5.41) is 20.8. The van der Waals surface area contributed by atoms with E-state index in [1.54, 1.807) is 12.1 Å². The number of carbonyl (C=O) groups excluding carboxylic acids is 1. The van der Waals surface area contributed by atoms with Gasteiger partial charge in [0.15, 0.2) is 11.6 Å². The van der Waals surface area contributed by atoms with Crippen molar-refractivity contribution >= 4 is 55.6 Å². The summed E-state index contributed by atoms with van der Waals surface area (Å²) >= 11 is 7.48. The van der Waals surface area contributed by atoms with Gasteiger partial charge in [-0.2, -0.15) is 5.26 Å². The fraction of sp³-hybridized carbons (Fsp3) is 0.0500. The molecular formula is C20H12ClN3O3S. The maximum Gasteiger partial charge on any atom is 0.350 e. The Balaban J connectivity index is 1.57. The molecule has 138 valence electrons. The average molecular weight is 410 g/mol. The molecule has 0 unspecified atom stereocenters. The van der Waals surface area contributed by atoms with Gasteiger partial charge in [-0.1, -0.05) is 41.9 Å². The van der Waals surface area contributed by atoms with Crippen LogP contribution in [-0.4, -0.2) is 27.7 Å². The lowest BCUT2D eigenvalue weighted by Gasteiger charge is -2.04. The van der Waals surface area contributed by atoms with Crippen LogP contribution in [0.3, 0.4) is 0 Å². The zero-order chi connectivity index (χ0) is 19.7. The van der Waals surface area contributed by atoms with E-state index in [-0.39, 0.29) is 16.3 Å². The van der Waals surface area contributed by atoms with Crippen LogP contribution in [-0.2, 0) is 4.74 Å². The van der Waals surface area contributed by atoms with E-state index >= 15 is 0 Å². The van der Waals surface area contributed by atoms with Crippen molar-refractivity contribution in [2.24, 2.45) is 0 Å². The van der Waals surface area contributed by atoms with Crippen LogP contribution in [0.5, 0.6) is 0 Å². The zero-order valence-corrected chi connectivity index (χ0v) is 15.8. The van der Waals surface area contributed by atoms with Gasteiger partial charge in [0.25, 0.3) is 0 Å². The van der Waals surface area contributed by atoms with Gasteiger partial charge in [-0.15, -0.1) is 11.3 Å². The highest BCUT2D eigenvalue weighted by Gasteiger charge is 2.20. The van der Waals surface area contributed by atoms with Gasteiger partial charge in [-0.05, 0) is 18.2 Å². The molecule has 0 aliphatic rings. The largest absolute Gasteiger partial charge is 0.507 e. The summed E-state index contributed by atoms with van der Waals surface area (Å²) in [4.78, 5) is 19.9. The number of hydrogen-bond acceptors (Lipinski definition) is 6. The van der Waals surface area contributed by atoms with Crippen molar-refractivity contribution in [1.29, 1.82) is 5.26 Å². The zero-order valence-electron chi connectivity index (χ0n) is 14.3. The van der Waals surface area contributed by atoms with Crippen LogP contribution in [0.1, 0.15) is 15.5 Å². The van der Waals surface area contributed by atoms with Gasteiger partial charge < -0.3 is 14.8 Å². The van der Waals surface area contributed by atoms with E-state index in [9.17, 15) is 15.2 Å². The number of nitriles is 1. The first-order valence-electron chi connectivity index (χ1n) is 8.20. The second kappa shape index (κ2) is 7.35. The molecule has 0 saturated heterocycles. The third kappa shape index (κ3) is 3.20. The highest BCUT2D eigenvalue weighted by Crippen LogP contribution is 2.35. The number of esters is 1. The Bertz CT molecular complexity index is 1250. The van der Waals surface area contributed by atoms with Crippen LogP contribution in [0.15, 0.2) is 54.3 Å². The molecule has 0 saturated carbocycles. The van der Waals surface area contributed by atoms with E-state index in [2.05, 4.69) is 9.97 Å². The first kappa shape index (κ1) is 18.0. The van der Waals surface area contributed by atoms with Crippen molar-refractivity contribution in [3.8, 4) is 6.07 Å². The summed E-state index contributed by atoms with van der Waals surface area (Å²) in [7, 11) is 0. The number of nitrogens with zero attached hydrogens (tertiary/aromatic N) is 2. The molecule has 8 heteroatoms. The number of aromatic amines is 1. The number of para-hydroxylation sites is 2. The molecule has 0 aliphatic heterocycles. The number of imidazole rings is 1. The van der Waals surface area contributed by atoms with Crippen molar-refractivity contribution in [2.75, 3.05) is 6.61 Å². The number of carbonyl (C=O) groups is 1. The normalized spacial score (nSPS) is 12.0. The molecule has 2 heterocycles. The van der Waals surface area contributed by atoms with Crippen LogP contribution < -0.4 is 0 Å². The number of aliphatic hydroxyl groups is 1. The third-order valence-corrected chi connectivity index (χ3v) is 5.74. The lowest BCUT2D eigenvalue weighted by atomic mass is 10.2. The average Bonchev–Trinajstić information content (AvgIpc) is 3.28. The van der Waals surface area contributed by atoms with Crippen LogP contribution in [0, 0.1) is 11.3 Å². The summed E-state index contributed by atoms with van der Waals surface area (Å²) in [5.74, 6) is -0.857. The molecule has 0 amide bonds. The quantitative estimate of drug-likeness (QED) is 0.278. The number of aliphatic hydroxyl groups excluding tert-OH is 1. The molecule has 4 rings (SSSR count). The fourth-order valence-electron chi connectivity index (χ4n) is 2.74. The number of H-pyrrole nitrogens is 1. The van der Waals surface area contributed by atoms with E-state index in [1.165, 1.54) is 11.3 Å². The molecule has 2 aromatic heterocycles. The second-order valence-electron chi connectivity index (χ2n) is 5.85. The summed E-state index contributed by atoms with van der Waals surface area (Å²) in [5.41, 5.74) is 1.30. The molecular weight excluding hydrogens is 398 g/mol. The maximum atomic E-state index is 12.4. The van der Waals surface area contributed by atoms with Crippen molar-refractivity contribution in [1.82, 2.24) is 9.97 Å². The summed E-state index contributed by atoms with van der Waals surface area (Å²) in [6.07, 6.45) is 0. The molecule has 0 fully saturated rings. The number of benzene rings is 2. The van der Waals surface area contributed by atoms with Gasteiger partial charge in [0.2, 0.25) is 0 Å². The number of hydrogen-bond donors (Lipinski definition) is 2. The number of fused-ring (bicyclic) bond motifs is 2. The van der Waals surface area contributed by atoms with Gasteiger partial charge in [0.1, 0.15) is 23.1 Å². The third-order valence-electron chi connectivity index (χ3n) is 4.09. The number of nitrogens with one attached hydrogen (secondary N) is 1. The molecule has 0 spiro atoms. The number of rotatable bonds is 4. The van der Waals surface area contributed by atoms with Crippen molar-refractivity contribution in [3.63, 3.8) is 0 Å². The van der Waals surface area contributed by atoms with Gasteiger partial charge >= 0.3 is 5.97 Å². The Labute approximate surface area is 168 Å². The molecule has 4 aromatic rings. The van der Waals surface area contributed by atoms with Gasteiger partial charge in [-0.3, -0.25) is 0 Å². The van der Waals surface area contributed by atoms with E-state index < -0.39 is 18.3 Å². The SMILES string of the molecule is N#CC(=C(O)COC(=O)c1sc2ccccc2c1Cl)c1nc2ccccc2[nH]1. The van der Waals surface area contributed by atoms with Crippen molar-refractivity contribution in [3.05, 3.63) is 70.0 Å². The first-order chi connectivity index (χ1) is 13.6. The molecule has 2 aromatic carbocycles. The predicted molar refractivity (Wildman–Crippen MR) is 108 cm³/mol. The van der Waals surface area contributed by atoms with Crippen LogP contribution in [0.2, 0.25) is 5.02 Å². The monoisotopic (exact) mass is 409 g/mol. The summed E-state index contributed by atoms with van der Waals surface area (Å²) in [6, 6.07) is 16.5. The van der Waals surface area contributed by atoms with Gasteiger partial charge in [0, 0.05) is 10.1 Å². The molecule has 0 aliphatic carbocycles. The Morgan fingerprint density at radius 1 is 1.25 bits per heavy atom. The molecule has 0 atom stereocenters. The van der Waals surface area contributed by atoms with Crippen molar-refractivity contribution < 1.29 is 14.6 Å². The van der Waals surface area contributed by atoms with E-state index in [0.29, 0.717) is 10.5 Å². The van der Waals surface area contributed by atoms with E-state index in [1.807, 2.05) is 42.5 Å². The highest BCUT2D eigenvalue weighted by atomic mass is 35.5. The van der Waals surface area contributed by atoms with Crippen molar-refractivity contribution in [2.45, 2.75) is 0 Å². The molecule has 0 radical (unpaired) electrons. The van der Waals surface area contributed by atoms with Crippen LogP contribution in [0.4, 0.5) is 0 Å². The summed E-state index contributed by atoms with van der Waals surface area (Å²) < 4.78 is 6.03. The predicted octanol–water partition coefficient (Wildman–Crippen LogP) is 5.08. The lowest BCUT2D eigenvalue weighted by molar-refractivity contribution is 0.0508. The Kier molecular flexibility index (Phi) is 4.74.